The van der Waals surface area contributed by atoms with Crippen LogP contribution in [0.25, 0.3) is 0 Å². The van der Waals surface area contributed by atoms with Gasteiger partial charge >= 0.3 is 5.97 Å². The number of hydrogen-bond donors (Lipinski definition) is 1. The summed E-state index contributed by atoms with van der Waals surface area (Å²) in [7, 11) is 1.35. The first-order valence-corrected chi connectivity index (χ1v) is 8.65. The molecule has 5 heteroatoms. The molecule has 0 radical (unpaired) electrons. The Kier molecular flexibility index (Phi) is 4.93. The Balaban J connectivity index is 1.84. The molecule has 0 spiro atoms. The summed E-state index contributed by atoms with van der Waals surface area (Å²) in [6, 6.07) is 10.4. The first-order valence-electron chi connectivity index (χ1n) is 8.65. The zero-order valence-electron chi connectivity index (χ0n) is 15.0. The molecule has 0 bridgehead atoms. The number of nitrogens with one attached hydrogen (secondary N) is 1. The molecule has 2 aromatic rings. The van der Waals surface area contributed by atoms with Crippen molar-refractivity contribution in [1.29, 1.82) is 0 Å². The molecule has 5 nitrogen and oxygen atoms in total. The number of amides is 1. The fraction of sp³-hybridized carbons (Fsp3) is 0.400. The lowest BCUT2D eigenvalue weighted by Gasteiger charge is -2.25. The van der Waals surface area contributed by atoms with Gasteiger partial charge in [-0.2, -0.15) is 0 Å². The third kappa shape index (κ3) is 3.31. The first-order chi connectivity index (χ1) is 12.0. The normalized spacial score (nSPS) is 16.9. The molecule has 2 heterocycles. The Morgan fingerprint density at radius 3 is 2.64 bits per heavy atom. The number of hydrogen-bond acceptors (Lipinski definition) is 3. The molecule has 1 aliphatic heterocycles. The fourth-order valence-corrected chi connectivity index (χ4v) is 3.72. The number of esters is 1. The third-order valence-corrected chi connectivity index (χ3v) is 4.99. The summed E-state index contributed by atoms with van der Waals surface area (Å²) < 4.78 is 4.83. The Morgan fingerprint density at radius 2 is 1.96 bits per heavy atom. The molecule has 1 fully saturated rings. The summed E-state index contributed by atoms with van der Waals surface area (Å²) in [6.07, 6.45) is 2.87. The minimum absolute atomic E-state index is 0.0332. The van der Waals surface area contributed by atoms with Gasteiger partial charge in [-0.25, -0.2) is 4.79 Å². The molecular formula is C20H24N2O3. The molecule has 1 atom stereocenters. The lowest BCUT2D eigenvalue weighted by molar-refractivity contribution is 0.0599. The highest BCUT2D eigenvalue weighted by atomic mass is 16.5. The van der Waals surface area contributed by atoms with Gasteiger partial charge in [0.2, 0.25) is 0 Å². The zero-order valence-corrected chi connectivity index (χ0v) is 15.0. The summed E-state index contributed by atoms with van der Waals surface area (Å²) >= 11 is 0. The number of carbonyl (C=O) groups excluding carboxylic acids is 2. The van der Waals surface area contributed by atoms with Crippen LogP contribution in [-0.2, 0) is 11.2 Å². The van der Waals surface area contributed by atoms with Gasteiger partial charge in [-0.1, -0.05) is 30.3 Å². The van der Waals surface area contributed by atoms with E-state index in [0.717, 1.165) is 25.8 Å². The maximum Gasteiger partial charge on any atom is 0.339 e. The molecule has 1 saturated heterocycles. The SMILES string of the molecule is COC(=O)c1c(C)[nH]c(C(=O)N2CCC[C@H]2Cc2ccccc2)c1C. The van der Waals surface area contributed by atoms with E-state index in [0.29, 0.717) is 22.5 Å². The van der Waals surface area contributed by atoms with Gasteiger partial charge in [0, 0.05) is 18.3 Å². The molecule has 25 heavy (non-hydrogen) atoms. The molecule has 1 N–H and O–H groups in total. The average Bonchev–Trinajstić information content (AvgIpc) is 3.19. The van der Waals surface area contributed by atoms with Crippen LogP contribution in [-0.4, -0.2) is 41.5 Å². The van der Waals surface area contributed by atoms with Crippen molar-refractivity contribution < 1.29 is 14.3 Å². The van der Waals surface area contributed by atoms with Crippen LogP contribution < -0.4 is 0 Å². The maximum atomic E-state index is 13.1. The lowest BCUT2D eigenvalue weighted by Crippen LogP contribution is -2.37. The molecular weight excluding hydrogens is 316 g/mol. The standard InChI is InChI=1S/C20H24N2O3/c1-13-17(20(24)25-3)14(2)21-18(13)19(23)22-11-7-10-16(22)12-15-8-5-4-6-9-15/h4-6,8-9,16,21H,7,10-12H2,1-3H3/t16-/m0/s1. The second-order valence-corrected chi connectivity index (χ2v) is 6.60. The number of carbonyl (C=O) groups is 2. The van der Waals surface area contributed by atoms with E-state index in [1.807, 2.05) is 23.1 Å². The van der Waals surface area contributed by atoms with Gasteiger partial charge in [-0.15, -0.1) is 0 Å². The highest BCUT2D eigenvalue weighted by Gasteiger charge is 2.32. The lowest BCUT2D eigenvalue weighted by atomic mass is 10.0. The van der Waals surface area contributed by atoms with Crippen LogP contribution in [0, 0.1) is 13.8 Å². The number of methoxy groups -OCH3 is 1. The molecule has 132 valence electrons. The highest BCUT2D eigenvalue weighted by molar-refractivity contribution is 6.00. The van der Waals surface area contributed by atoms with E-state index in [1.165, 1.54) is 12.7 Å². The monoisotopic (exact) mass is 340 g/mol. The Labute approximate surface area is 148 Å². The van der Waals surface area contributed by atoms with E-state index in [-0.39, 0.29) is 11.9 Å². The summed E-state index contributed by atoms with van der Waals surface area (Å²) in [5.41, 5.74) is 3.54. The van der Waals surface area contributed by atoms with E-state index in [1.54, 1.807) is 13.8 Å². The highest BCUT2D eigenvalue weighted by Crippen LogP contribution is 2.26. The summed E-state index contributed by atoms with van der Waals surface area (Å²) in [5, 5.41) is 0. The van der Waals surface area contributed by atoms with Crippen LogP contribution in [0.2, 0.25) is 0 Å². The van der Waals surface area contributed by atoms with E-state index < -0.39 is 5.97 Å². The summed E-state index contributed by atoms with van der Waals surface area (Å²) in [6.45, 7) is 4.34. The molecule has 1 aliphatic rings. The topological polar surface area (TPSA) is 62.4 Å². The number of rotatable bonds is 4. The Morgan fingerprint density at radius 1 is 1.24 bits per heavy atom. The molecule has 1 aromatic carbocycles. The number of H-pyrrole nitrogens is 1. The number of likely N-dealkylation sites (tertiary alicyclic amines) is 1. The number of benzene rings is 1. The Bertz CT molecular complexity index is 780. The number of nitrogens with zero attached hydrogens (tertiary/aromatic N) is 1. The zero-order chi connectivity index (χ0) is 18.0. The van der Waals surface area contributed by atoms with Gasteiger partial charge in [-0.05, 0) is 44.2 Å². The van der Waals surface area contributed by atoms with Gasteiger partial charge in [0.1, 0.15) is 5.69 Å². The number of aryl methyl sites for hydroxylation is 1. The van der Waals surface area contributed by atoms with Gasteiger partial charge in [-0.3, -0.25) is 4.79 Å². The van der Waals surface area contributed by atoms with Gasteiger partial charge in [0.15, 0.2) is 0 Å². The van der Waals surface area contributed by atoms with Crippen LogP contribution in [0.4, 0.5) is 0 Å². The second kappa shape index (κ2) is 7.13. The molecule has 3 rings (SSSR count). The quantitative estimate of drug-likeness (QED) is 0.869. The molecule has 0 aliphatic carbocycles. The molecule has 1 aromatic heterocycles. The van der Waals surface area contributed by atoms with Gasteiger partial charge in [0.05, 0.1) is 12.7 Å². The number of aromatic nitrogens is 1. The van der Waals surface area contributed by atoms with Crippen LogP contribution in [0.5, 0.6) is 0 Å². The minimum atomic E-state index is -0.410. The van der Waals surface area contributed by atoms with E-state index in [4.69, 9.17) is 4.74 Å². The van der Waals surface area contributed by atoms with E-state index in [2.05, 4.69) is 17.1 Å². The van der Waals surface area contributed by atoms with Crippen molar-refractivity contribution in [3.05, 3.63) is 58.4 Å². The van der Waals surface area contributed by atoms with Crippen molar-refractivity contribution in [2.45, 2.75) is 39.2 Å². The van der Waals surface area contributed by atoms with E-state index >= 15 is 0 Å². The van der Waals surface area contributed by atoms with Crippen molar-refractivity contribution in [3.63, 3.8) is 0 Å². The maximum absolute atomic E-state index is 13.1. The molecule has 0 unspecified atom stereocenters. The largest absolute Gasteiger partial charge is 0.465 e. The van der Waals surface area contributed by atoms with Crippen molar-refractivity contribution in [2.75, 3.05) is 13.7 Å². The van der Waals surface area contributed by atoms with Crippen LogP contribution in [0.1, 0.15) is 50.5 Å². The van der Waals surface area contributed by atoms with Crippen molar-refractivity contribution in [2.24, 2.45) is 0 Å². The Hall–Kier alpha value is -2.56. The van der Waals surface area contributed by atoms with Crippen LogP contribution in [0.15, 0.2) is 30.3 Å². The number of ether oxygens (including phenoxy) is 1. The predicted molar refractivity (Wildman–Crippen MR) is 95.8 cm³/mol. The second-order valence-electron chi connectivity index (χ2n) is 6.60. The van der Waals surface area contributed by atoms with E-state index in [9.17, 15) is 9.59 Å². The average molecular weight is 340 g/mol. The van der Waals surface area contributed by atoms with Crippen molar-refractivity contribution in [1.82, 2.24) is 9.88 Å². The molecule has 1 amide bonds. The summed E-state index contributed by atoms with van der Waals surface area (Å²) in [4.78, 5) is 30.1. The third-order valence-electron chi connectivity index (χ3n) is 4.99. The van der Waals surface area contributed by atoms with Crippen molar-refractivity contribution in [3.8, 4) is 0 Å². The van der Waals surface area contributed by atoms with Gasteiger partial charge < -0.3 is 14.6 Å². The smallest absolute Gasteiger partial charge is 0.339 e. The molecule has 0 saturated carbocycles. The van der Waals surface area contributed by atoms with Crippen LogP contribution >= 0.6 is 0 Å². The minimum Gasteiger partial charge on any atom is -0.465 e. The van der Waals surface area contributed by atoms with Crippen molar-refractivity contribution >= 4 is 11.9 Å². The first kappa shape index (κ1) is 17.3. The fourth-order valence-electron chi connectivity index (χ4n) is 3.72. The number of aromatic amines is 1. The van der Waals surface area contributed by atoms with Crippen LogP contribution in [0.3, 0.4) is 0 Å². The predicted octanol–water partition coefficient (Wildman–Crippen LogP) is 3.27. The van der Waals surface area contributed by atoms with Gasteiger partial charge in [0.25, 0.3) is 5.91 Å². The summed E-state index contributed by atoms with van der Waals surface area (Å²) in [5.74, 6) is -0.443.